The lowest BCUT2D eigenvalue weighted by Gasteiger charge is -1.92. The van der Waals surface area contributed by atoms with Gasteiger partial charge in [0.2, 0.25) is 0 Å². The maximum Gasteiger partial charge on any atom is 0.327 e. The van der Waals surface area contributed by atoms with Crippen LogP contribution in [0.25, 0.3) is 0 Å². The van der Waals surface area contributed by atoms with Crippen molar-refractivity contribution in [1.29, 1.82) is 0 Å². The molecule has 0 spiro atoms. The lowest BCUT2D eigenvalue weighted by Crippen LogP contribution is -1.96. The van der Waals surface area contributed by atoms with Gasteiger partial charge in [-0.05, 0) is 19.3 Å². The van der Waals surface area contributed by atoms with Crippen LogP contribution >= 0.6 is 0 Å². The fraction of sp³-hybridized carbons (Fsp3) is 0.500. The van der Waals surface area contributed by atoms with Crippen LogP contribution in [-0.2, 0) is 17.8 Å². The van der Waals surface area contributed by atoms with Crippen LogP contribution in [0.15, 0.2) is 18.3 Å². The summed E-state index contributed by atoms with van der Waals surface area (Å²) in [4.78, 5) is 10.2. The molecule has 82 valence electrons. The van der Waals surface area contributed by atoms with E-state index in [0.29, 0.717) is 6.42 Å². The van der Waals surface area contributed by atoms with Crippen LogP contribution in [0, 0.1) is 0 Å². The molecule has 1 heterocycles. The fourth-order valence-electron chi connectivity index (χ4n) is 1.21. The van der Waals surface area contributed by atoms with Gasteiger partial charge in [0.15, 0.2) is 0 Å². The summed E-state index contributed by atoms with van der Waals surface area (Å²) in [5.74, 6) is -0.912. The van der Waals surface area contributed by atoms with Crippen LogP contribution in [0.2, 0.25) is 0 Å². The summed E-state index contributed by atoms with van der Waals surface area (Å²) in [6.07, 6.45) is 7.11. The van der Waals surface area contributed by atoms with Crippen molar-refractivity contribution in [3.05, 3.63) is 24.0 Å². The van der Waals surface area contributed by atoms with Crippen molar-refractivity contribution in [3.8, 4) is 0 Å². The van der Waals surface area contributed by atoms with Gasteiger partial charge < -0.3 is 5.11 Å². The van der Waals surface area contributed by atoms with Crippen molar-refractivity contribution < 1.29 is 9.90 Å². The molecule has 0 saturated heterocycles. The summed E-state index contributed by atoms with van der Waals surface area (Å²) in [5, 5.41) is 16.3. The van der Waals surface area contributed by atoms with E-state index in [4.69, 9.17) is 5.11 Å². The molecule has 5 nitrogen and oxygen atoms in total. The van der Waals surface area contributed by atoms with Gasteiger partial charge in [0.05, 0.1) is 5.69 Å². The van der Waals surface area contributed by atoms with Gasteiger partial charge in [-0.15, -0.1) is 5.10 Å². The topological polar surface area (TPSA) is 68.0 Å². The first-order chi connectivity index (χ1) is 7.22. The minimum Gasteiger partial charge on any atom is -0.478 e. The number of hydrogen-bond donors (Lipinski definition) is 1. The monoisotopic (exact) mass is 209 g/mol. The van der Waals surface area contributed by atoms with Gasteiger partial charge in [0, 0.05) is 18.8 Å². The van der Waals surface area contributed by atoms with E-state index in [1.807, 2.05) is 6.20 Å². The molecule has 5 heteroatoms. The summed E-state index contributed by atoms with van der Waals surface area (Å²) in [7, 11) is 0. The van der Waals surface area contributed by atoms with E-state index >= 15 is 0 Å². The molecule has 0 radical (unpaired) electrons. The van der Waals surface area contributed by atoms with E-state index in [2.05, 4.69) is 17.2 Å². The number of carbonyl (C=O) groups is 1. The van der Waals surface area contributed by atoms with E-state index in [1.165, 1.54) is 0 Å². The highest BCUT2D eigenvalue weighted by Crippen LogP contribution is 1.99. The Bertz CT molecular complexity index is 344. The summed E-state index contributed by atoms with van der Waals surface area (Å²) in [5.41, 5.74) is 0.901. The van der Waals surface area contributed by atoms with Gasteiger partial charge >= 0.3 is 5.97 Å². The van der Waals surface area contributed by atoms with E-state index in [1.54, 1.807) is 10.8 Å². The van der Waals surface area contributed by atoms with Crippen molar-refractivity contribution in [1.82, 2.24) is 15.0 Å². The Morgan fingerprint density at radius 2 is 2.47 bits per heavy atom. The fourth-order valence-corrected chi connectivity index (χ4v) is 1.21. The standard InChI is InChI=1S/C10H15N3O2/c1-2-7-13-8-9(11-12-13)5-3-4-6-10(14)15/h4,6,8H,2-3,5,7H2,1H3,(H,14,15). The molecule has 15 heavy (non-hydrogen) atoms. The summed E-state index contributed by atoms with van der Waals surface area (Å²) in [6.45, 7) is 2.95. The second-order valence-corrected chi connectivity index (χ2v) is 3.25. The maximum absolute atomic E-state index is 10.2. The van der Waals surface area contributed by atoms with Crippen molar-refractivity contribution in [2.24, 2.45) is 0 Å². The first-order valence-corrected chi connectivity index (χ1v) is 5.01. The minimum absolute atomic E-state index is 0.678. The Morgan fingerprint density at radius 3 is 3.13 bits per heavy atom. The average Bonchev–Trinajstić information content (AvgIpc) is 2.61. The van der Waals surface area contributed by atoms with E-state index in [0.717, 1.165) is 31.2 Å². The van der Waals surface area contributed by atoms with Crippen LogP contribution in [0.3, 0.4) is 0 Å². The largest absolute Gasteiger partial charge is 0.478 e. The second-order valence-electron chi connectivity index (χ2n) is 3.25. The highest BCUT2D eigenvalue weighted by molar-refractivity contribution is 5.79. The molecule has 0 saturated carbocycles. The lowest BCUT2D eigenvalue weighted by atomic mass is 10.2. The number of hydrogen-bond acceptors (Lipinski definition) is 3. The number of carboxylic acids is 1. The molecule has 0 aliphatic rings. The van der Waals surface area contributed by atoms with E-state index < -0.39 is 5.97 Å². The SMILES string of the molecule is CCCn1cc(CCC=CC(=O)O)nn1. The Hall–Kier alpha value is -1.65. The van der Waals surface area contributed by atoms with Crippen molar-refractivity contribution in [3.63, 3.8) is 0 Å². The predicted molar refractivity (Wildman–Crippen MR) is 55.4 cm³/mol. The summed E-state index contributed by atoms with van der Waals surface area (Å²) in [6, 6.07) is 0. The quantitative estimate of drug-likeness (QED) is 0.716. The Morgan fingerprint density at radius 1 is 1.67 bits per heavy atom. The van der Waals surface area contributed by atoms with Gasteiger partial charge in [0.1, 0.15) is 0 Å². The molecule has 0 aliphatic heterocycles. The summed E-state index contributed by atoms with van der Waals surface area (Å²) < 4.78 is 1.80. The van der Waals surface area contributed by atoms with Crippen LogP contribution in [0.5, 0.6) is 0 Å². The molecule has 1 N–H and O–H groups in total. The van der Waals surface area contributed by atoms with Gasteiger partial charge in [-0.2, -0.15) is 0 Å². The summed E-state index contributed by atoms with van der Waals surface area (Å²) >= 11 is 0. The van der Waals surface area contributed by atoms with Crippen LogP contribution in [-0.4, -0.2) is 26.1 Å². The van der Waals surface area contributed by atoms with E-state index in [9.17, 15) is 4.79 Å². The molecule has 0 aromatic carbocycles. The second kappa shape index (κ2) is 5.95. The molecular weight excluding hydrogens is 194 g/mol. The van der Waals surface area contributed by atoms with Crippen LogP contribution in [0.1, 0.15) is 25.5 Å². The predicted octanol–water partition coefficient (Wildman–Crippen LogP) is 1.26. The third-order valence-electron chi connectivity index (χ3n) is 1.87. The number of allylic oxidation sites excluding steroid dienone is 1. The lowest BCUT2D eigenvalue weighted by molar-refractivity contribution is -0.131. The molecule has 0 amide bonds. The average molecular weight is 209 g/mol. The smallest absolute Gasteiger partial charge is 0.327 e. The Labute approximate surface area is 88.4 Å². The number of nitrogens with zero attached hydrogens (tertiary/aromatic N) is 3. The molecule has 1 aromatic heterocycles. The first kappa shape index (κ1) is 11.4. The number of aromatic nitrogens is 3. The zero-order chi connectivity index (χ0) is 11.1. The van der Waals surface area contributed by atoms with Gasteiger partial charge in [-0.1, -0.05) is 18.2 Å². The van der Waals surface area contributed by atoms with E-state index in [-0.39, 0.29) is 0 Å². The molecule has 0 unspecified atom stereocenters. The Kier molecular flexibility index (Phi) is 4.53. The number of aliphatic carboxylic acids is 1. The maximum atomic E-state index is 10.2. The Balaban J connectivity index is 2.34. The van der Waals surface area contributed by atoms with Crippen molar-refractivity contribution in [2.75, 3.05) is 0 Å². The molecule has 0 atom stereocenters. The molecule has 0 fully saturated rings. The normalized spacial score (nSPS) is 11.0. The van der Waals surface area contributed by atoms with Crippen molar-refractivity contribution >= 4 is 5.97 Å². The number of aryl methyl sites for hydroxylation is 2. The number of rotatable bonds is 6. The zero-order valence-corrected chi connectivity index (χ0v) is 8.76. The molecule has 1 aromatic rings. The number of carboxylic acid groups (broad SMARTS) is 1. The third kappa shape index (κ3) is 4.39. The van der Waals surface area contributed by atoms with Crippen LogP contribution < -0.4 is 0 Å². The van der Waals surface area contributed by atoms with Gasteiger partial charge in [-0.25, -0.2) is 4.79 Å². The van der Waals surface area contributed by atoms with Crippen molar-refractivity contribution in [2.45, 2.75) is 32.7 Å². The highest BCUT2D eigenvalue weighted by atomic mass is 16.4. The first-order valence-electron chi connectivity index (χ1n) is 5.01. The molecule has 0 bridgehead atoms. The minimum atomic E-state index is -0.912. The molecular formula is C10H15N3O2. The van der Waals surface area contributed by atoms with Crippen LogP contribution in [0.4, 0.5) is 0 Å². The molecule has 0 aliphatic carbocycles. The van der Waals surface area contributed by atoms with Gasteiger partial charge in [-0.3, -0.25) is 4.68 Å². The molecule has 1 rings (SSSR count). The third-order valence-corrected chi connectivity index (χ3v) is 1.87. The van der Waals surface area contributed by atoms with Gasteiger partial charge in [0.25, 0.3) is 0 Å². The zero-order valence-electron chi connectivity index (χ0n) is 8.76. The highest BCUT2D eigenvalue weighted by Gasteiger charge is 1.98.